The molecule has 2 rings (SSSR count). The van der Waals surface area contributed by atoms with E-state index in [1.54, 1.807) is 0 Å². The van der Waals surface area contributed by atoms with Crippen LogP contribution in [0.15, 0.2) is 18.2 Å². The standard InChI is InChI=1S/C15H22ClNO/c1-11-5-6-12(10-14(11)16)15(17)8-7-13-4-2-3-9-18-13/h5-6,10,13,15H,2-4,7-9,17H2,1H3. The van der Waals surface area contributed by atoms with Crippen molar-refractivity contribution in [3.63, 3.8) is 0 Å². The van der Waals surface area contributed by atoms with E-state index in [4.69, 9.17) is 22.1 Å². The van der Waals surface area contributed by atoms with E-state index in [-0.39, 0.29) is 6.04 Å². The first-order chi connectivity index (χ1) is 8.66. The molecule has 2 atom stereocenters. The minimum Gasteiger partial charge on any atom is -0.378 e. The Bertz CT molecular complexity index is 388. The summed E-state index contributed by atoms with van der Waals surface area (Å²) >= 11 is 6.13. The van der Waals surface area contributed by atoms with Gasteiger partial charge in [-0.1, -0.05) is 23.7 Å². The zero-order chi connectivity index (χ0) is 13.0. The summed E-state index contributed by atoms with van der Waals surface area (Å²) < 4.78 is 5.73. The first-order valence-corrected chi connectivity index (χ1v) is 7.18. The lowest BCUT2D eigenvalue weighted by Gasteiger charge is -2.24. The molecule has 1 heterocycles. The van der Waals surface area contributed by atoms with Crippen LogP contribution in [0.1, 0.15) is 49.3 Å². The second-order valence-corrected chi connectivity index (χ2v) is 5.59. The molecule has 3 heteroatoms. The first kappa shape index (κ1) is 13.9. The fourth-order valence-corrected chi connectivity index (χ4v) is 2.60. The van der Waals surface area contributed by atoms with E-state index in [0.29, 0.717) is 6.10 Å². The first-order valence-electron chi connectivity index (χ1n) is 6.80. The van der Waals surface area contributed by atoms with Gasteiger partial charge in [0, 0.05) is 17.7 Å². The molecular weight excluding hydrogens is 246 g/mol. The Labute approximate surface area is 114 Å². The maximum atomic E-state index is 6.22. The molecule has 0 aromatic heterocycles. The zero-order valence-corrected chi connectivity index (χ0v) is 11.7. The molecule has 1 fully saturated rings. The van der Waals surface area contributed by atoms with Crippen LogP contribution in [0.5, 0.6) is 0 Å². The van der Waals surface area contributed by atoms with Crippen LogP contribution in [0.2, 0.25) is 5.02 Å². The van der Waals surface area contributed by atoms with Crippen LogP contribution in [0.3, 0.4) is 0 Å². The molecule has 2 unspecified atom stereocenters. The van der Waals surface area contributed by atoms with Crippen LogP contribution in [0, 0.1) is 6.92 Å². The highest BCUT2D eigenvalue weighted by molar-refractivity contribution is 6.31. The van der Waals surface area contributed by atoms with Gasteiger partial charge in [-0.3, -0.25) is 0 Å². The van der Waals surface area contributed by atoms with Crippen LogP contribution in [0.4, 0.5) is 0 Å². The number of aryl methyl sites for hydroxylation is 1. The van der Waals surface area contributed by atoms with Crippen molar-refractivity contribution in [3.8, 4) is 0 Å². The smallest absolute Gasteiger partial charge is 0.0575 e. The number of hydrogen-bond acceptors (Lipinski definition) is 2. The highest BCUT2D eigenvalue weighted by Gasteiger charge is 2.16. The molecule has 18 heavy (non-hydrogen) atoms. The van der Waals surface area contributed by atoms with Crippen molar-refractivity contribution in [2.75, 3.05) is 6.61 Å². The molecule has 2 N–H and O–H groups in total. The minimum absolute atomic E-state index is 0.0635. The van der Waals surface area contributed by atoms with Crippen molar-refractivity contribution in [2.24, 2.45) is 5.73 Å². The summed E-state index contributed by atoms with van der Waals surface area (Å²) in [6.45, 7) is 2.92. The molecule has 1 aliphatic heterocycles. The molecule has 0 amide bonds. The van der Waals surface area contributed by atoms with Crippen molar-refractivity contribution >= 4 is 11.6 Å². The van der Waals surface area contributed by atoms with E-state index < -0.39 is 0 Å². The van der Waals surface area contributed by atoms with Gasteiger partial charge in [0.15, 0.2) is 0 Å². The number of halogens is 1. The van der Waals surface area contributed by atoms with Gasteiger partial charge >= 0.3 is 0 Å². The molecule has 0 bridgehead atoms. The Hall–Kier alpha value is -0.570. The SMILES string of the molecule is Cc1ccc(C(N)CCC2CCCCO2)cc1Cl. The third kappa shape index (κ3) is 3.71. The van der Waals surface area contributed by atoms with Gasteiger partial charge in [0.05, 0.1) is 6.10 Å². The van der Waals surface area contributed by atoms with Crippen molar-refractivity contribution in [2.45, 2.75) is 51.2 Å². The van der Waals surface area contributed by atoms with Crippen LogP contribution < -0.4 is 5.73 Å². The van der Waals surface area contributed by atoms with Gasteiger partial charge in [0.25, 0.3) is 0 Å². The van der Waals surface area contributed by atoms with Crippen molar-refractivity contribution in [3.05, 3.63) is 34.3 Å². The average Bonchev–Trinajstić information content (AvgIpc) is 2.40. The molecule has 1 saturated heterocycles. The molecule has 1 aliphatic rings. The third-order valence-corrected chi connectivity index (χ3v) is 4.10. The van der Waals surface area contributed by atoms with Gasteiger partial charge < -0.3 is 10.5 Å². The van der Waals surface area contributed by atoms with Gasteiger partial charge in [0.1, 0.15) is 0 Å². The molecule has 0 radical (unpaired) electrons. The third-order valence-electron chi connectivity index (χ3n) is 3.70. The number of nitrogens with two attached hydrogens (primary N) is 1. The Morgan fingerprint density at radius 2 is 2.28 bits per heavy atom. The molecule has 0 spiro atoms. The van der Waals surface area contributed by atoms with Crippen molar-refractivity contribution < 1.29 is 4.74 Å². The summed E-state index contributed by atoms with van der Waals surface area (Å²) in [6.07, 6.45) is 6.09. The Balaban J connectivity index is 1.86. The summed E-state index contributed by atoms with van der Waals surface area (Å²) in [5.41, 5.74) is 8.44. The van der Waals surface area contributed by atoms with Crippen LogP contribution in [0.25, 0.3) is 0 Å². The largest absolute Gasteiger partial charge is 0.378 e. The lowest BCUT2D eigenvalue weighted by Crippen LogP contribution is -2.21. The zero-order valence-electron chi connectivity index (χ0n) is 11.0. The van der Waals surface area contributed by atoms with E-state index in [0.717, 1.165) is 35.6 Å². The summed E-state index contributed by atoms with van der Waals surface area (Å²) in [4.78, 5) is 0. The molecule has 1 aromatic rings. The predicted molar refractivity (Wildman–Crippen MR) is 75.9 cm³/mol. The van der Waals surface area contributed by atoms with Crippen molar-refractivity contribution in [1.82, 2.24) is 0 Å². The summed E-state index contributed by atoms with van der Waals surface area (Å²) in [5.74, 6) is 0. The van der Waals surface area contributed by atoms with Gasteiger partial charge in [-0.15, -0.1) is 0 Å². The second-order valence-electron chi connectivity index (χ2n) is 5.18. The highest BCUT2D eigenvalue weighted by atomic mass is 35.5. The maximum absolute atomic E-state index is 6.22. The fourth-order valence-electron chi connectivity index (χ4n) is 2.41. The Morgan fingerprint density at radius 3 is 2.94 bits per heavy atom. The second kappa shape index (κ2) is 6.55. The van der Waals surface area contributed by atoms with E-state index in [9.17, 15) is 0 Å². The summed E-state index contributed by atoms with van der Waals surface area (Å²) in [7, 11) is 0. The van der Waals surface area contributed by atoms with Gasteiger partial charge in [-0.25, -0.2) is 0 Å². The molecule has 2 nitrogen and oxygen atoms in total. The van der Waals surface area contributed by atoms with E-state index in [2.05, 4.69) is 6.07 Å². The minimum atomic E-state index is 0.0635. The molecule has 1 aromatic carbocycles. The summed E-state index contributed by atoms with van der Waals surface area (Å²) in [5, 5.41) is 0.803. The van der Waals surface area contributed by atoms with Crippen LogP contribution in [-0.2, 0) is 4.74 Å². The van der Waals surface area contributed by atoms with E-state index in [1.165, 1.54) is 19.3 Å². The maximum Gasteiger partial charge on any atom is 0.0575 e. The van der Waals surface area contributed by atoms with Gasteiger partial charge in [0.2, 0.25) is 0 Å². The lowest BCUT2D eigenvalue weighted by atomic mass is 9.97. The highest BCUT2D eigenvalue weighted by Crippen LogP contribution is 2.25. The van der Waals surface area contributed by atoms with Crippen molar-refractivity contribution in [1.29, 1.82) is 0 Å². The number of benzene rings is 1. The monoisotopic (exact) mass is 267 g/mol. The number of hydrogen-bond donors (Lipinski definition) is 1. The quantitative estimate of drug-likeness (QED) is 0.895. The Morgan fingerprint density at radius 1 is 1.44 bits per heavy atom. The van der Waals surface area contributed by atoms with Crippen LogP contribution in [-0.4, -0.2) is 12.7 Å². The predicted octanol–water partition coefficient (Wildman–Crippen LogP) is 4.00. The molecular formula is C15H22ClNO. The lowest BCUT2D eigenvalue weighted by molar-refractivity contribution is 0.00912. The molecule has 0 aliphatic carbocycles. The average molecular weight is 268 g/mol. The Kier molecular flexibility index (Phi) is 5.04. The van der Waals surface area contributed by atoms with Gasteiger partial charge in [-0.05, 0) is 56.2 Å². The fraction of sp³-hybridized carbons (Fsp3) is 0.600. The molecule has 100 valence electrons. The topological polar surface area (TPSA) is 35.2 Å². The normalized spacial score (nSPS) is 21.8. The van der Waals surface area contributed by atoms with Crippen LogP contribution >= 0.6 is 11.6 Å². The van der Waals surface area contributed by atoms with Gasteiger partial charge in [-0.2, -0.15) is 0 Å². The van der Waals surface area contributed by atoms with E-state index >= 15 is 0 Å². The number of rotatable bonds is 4. The van der Waals surface area contributed by atoms with E-state index in [1.807, 2.05) is 19.1 Å². The summed E-state index contributed by atoms with van der Waals surface area (Å²) in [6, 6.07) is 6.17. The molecule has 0 saturated carbocycles. The number of ether oxygens (including phenoxy) is 1.